The second-order valence-corrected chi connectivity index (χ2v) is 5.11. The van der Waals surface area contributed by atoms with E-state index >= 15 is 0 Å². The number of hydrogen-bond acceptors (Lipinski definition) is 4. The van der Waals surface area contributed by atoms with Crippen LogP contribution in [0.2, 0.25) is 0 Å². The molecule has 2 heterocycles. The zero-order chi connectivity index (χ0) is 13.4. The molecular weight excluding hydrogens is 265 g/mol. The molecule has 0 aliphatic heterocycles. The van der Waals surface area contributed by atoms with Crippen molar-refractivity contribution in [3.05, 3.63) is 58.2 Å². The van der Waals surface area contributed by atoms with Gasteiger partial charge in [-0.2, -0.15) is 0 Å². The van der Waals surface area contributed by atoms with E-state index in [9.17, 15) is 9.18 Å². The number of para-hydroxylation sites is 1. The number of halogens is 1. The SMILES string of the molecule is NC(C(=O)c1cc2cccc(F)c2o1)c1cccs1. The Bertz CT molecular complexity index is 733. The van der Waals surface area contributed by atoms with E-state index in [0.717, 1.165) is 4.88 Å². The van der Waals surface area contributed by atoms with E-state index in [2.05, 4.69) is 0 Å². The number of Topliss-reactive ketones (excluding diaryl/α,β-unsaturated/α-hetero) is 1. The van der Waals surface area contributed by atoms with E-state index in [1.54, 1.807) is 18.2 Å². The van der Waals surface area contributed by atoms with Gasteiger partial charge in [0.25, 0.3) is 0 Å². The van der Waals surface area contributed by atoms with Gasteiger partial charge >= 0.3 is 0 Å². The fraction of sp³-hybridized carbons (Fsp3) is 0.0714. The van der Waals surface area contributed by atoms with Crippen LogP contribution in [0.1, 0.15) is 21.5 Å². The van der Waals surface area contributed by atoms with Crippen molar-refractivity contribution < 1.29 is 13.6 Å². The number of carbonyl (C=O) groups is 1. The zero-order valence-corrected chi connectivity index (χ0v) is 10.6. The van der Waals surface area contributed by atoms with E-state index in [-0.39, 0.29) is 17.1 Å². The van der Waals surface area contributed by atoms with Crippen molar-refractivity contribution in [1.82, 2.24) is 0 Å². The van der Waals surface area contributed by atoms with Gasteiger partial charge in [0, 0.05) is 10.3 Å². The summed E-state index contributed by atoms with van der Waals surface area (Å²) in [5.74, 6) is -0.750. The second kappa shape index (κ2) is 4.60. The van der Waals surface area contributed by atoms with E-state index < -0.39 is 11.9 Å². The molecule has 3 rings (SSSR count). The number of ketones is 1. The van der Waals surface area contributed by atoms with Crippen LogP contribution in [-0.2, 0) is 0 Å². The van der Waals surface area contributed by atoms with Crippen molar-refractivity contribution in [2.24, 2.45) is 5.73 Å². The van der Waals surface area contributed by atoms with Gasteiger partial charge in [-0.15, -0.1) is 11.3 Å². The summed E-state index contributed by atoms with van der Waals surface area (Å²) in [4.78, 5) is 12.9. The summed E-state index contributed by atoms with van der Waals surface area (Å²) in [6, 6.07) is 8.91. The Morgan fingerprint density at radius 3 is 2.84 bits per heavy atom. The molecule has 19 heavy (non-hydrogen) atoms. The number of carbonyl (C=O) groups excluding carboxylic acids is 1. The number of thiophene rings is 1. The lowest BCUT2D eigenvalue weighted by atomic mass is 10.1. The van der Waals surface area contributed by atoms with Crippen molar-refractivity contribution >= 4 is 28.1 Å². The zero-order valence-electron chi connectivity index (χ0n) is 9.80. The molecule has 3 aromatic rings. The molecule has 0 radical (unpaired) electrons. The molecule has 0 aliphatic rings. The largest absolute Gasteiger partial charge is 0.450 e. The summed E-state index contributed by atoms with van der Waals surface area (Å²) in [7, 11) is 0. The van der Waals surface area contributed by atoms with Crippen LogP contribution >= 0.6 is 11.3 Å². The minimum Gasteiger partial charge on any atom is -0.450 e. The van der Waals surface area contributed by atoms with Crippen LogP contribution in [0.25, 0.3) is 11.0 Å². The smallest absolute Gasteiger partial charge is 0.219 e. The molecule has 2 N–H and O–H groups in total. The number of benzene rings is 1. The summed E-state index contributed by atoms with van der Waals surface area (Å²) >= 11 is 1.40. The summed E-state index contributed by atoms with van der Waals surface area (Å²) in [6.07, 6.45) is 0. The quantitative estimate of drug-likeness (QED) is 0.744. The molecule has 2 aromatic heterocycles. The molecular formula is C14H10FNO2S. The molecule has 0 saturated heterocycles. The van der Waals surface area contributed by atoms with Crippen LogP contribution in [0.4, 0.5) is 4.39 Å². The second-order valence-electron chi connectivity index (χ2n) is 4.13. The lowest BCUT2D eigenvalue weighted by Gasteiger charge is -2.05. The predicted octanol–water partition coefficient (Wildman–Crippen LogP) is 3.52. The van der Waals surface area contributed by atoms with Gasteiger partial charge in [0.2, 0.25) is 5.78 Å². The number of fused-ring (bicyclic) bond motifs is 1. The van der Waals surface area contributed by atoms with Gasteiger partial charge in [0.1, 0.15) is 6.04 Å². The third-order valence-corrected chi connectivity index (χ3v) is 3.83. The lowest BCUT2D eigenvalue weighted by molar-refractivity contribution is 0.0937. The highest BCUT2D eigenvalue weighted by Gasteiger charge is 2.22. The number of furan rings is 1. The van der Waals surface area contributed by atoms with Gasteiger partial charge in [0.05, 0.1) is 0 Å². The van der Waals surface area contributed by atoms with Gasteiger partial charge in [-0.3, -0.25) is 4.79 Å². The van der Waals surface area contributed by atoms with Gasteiger partial charge in [-0.1, -0.05) is 18.2 Å². The fourth-order valence-corrected chi connectivity index (χ4v) is 2.62. The molecule has 96 valence electrons. The summed E-state index contributed by atoms with van der Waals surface area (Å²) in [5.41, 5.74) is 5.97. The Hall–Kier alpha value is -1.98. The molecule has 3 nitrogen and oxygen atoms in total. The number of nitrogens with two attached hydrogens (primary N) is 1. The molecule has 1 unspecified atom stereocenters. The van der Waals surface area contributed by atoms with Crippen LogP contribution < -0.4 is 5.73 Å². The minimum atomic E-state index is -0.774. The Morgan fingerprint density at radius 2 is 2.16 bits per heavy atom. The van der Waals surface area contributed by atoms with E-state index in [1.807, 2.05) is 11.4 Å². The molecule has 1 aromatic carbocycles. The summed E-state index contributed by atoms with van der Waals surface area (Å²) in [5, 5.41) is 2.41. The fourth-order valence-electron chi connectivity index (χ4n) is 1.90. The maximum atomic E-state index is 13.5. The number of hydrogen-bond donors (Lipinski definition) is 1. The topological polar surface area (TPSA) is 56.2 Å². The molecule has 0 fully saturated rings. The normalized spacial score (nSPS) is 12.7. The Balaban J connectivity index is 2.00. The highest BCUT2D eigenvalue weighted by molar-refractivity contribution is 7.10. The Labute approximate surface area is 112 Å². The van der Waals surface area contributed by atoms with Crippen molar-refractivity contribution in [1.29, 1.82) is 0 Å². The highest BCUT2D eigenvalue weighted by Crippen LogP contribution is 2.26. The first-order valence-electron chi connectivity index (χ1n) is 5.68. The van der Waals surface area contributed by atoms with Crippen LogP contribution in [0, 0.1) is 5.82 Å². The first-order valence-corrected chi connectivity index (χ1v) is 6.56. The number of rotatable bonds is 3. The lowest BCUT2D eigenvalue weighted by Crippen LogP contribution is -2.19. The van der Waals surface area contributed by atoms with E-state index in [0.29, 0.717) is 5.39 Å². The molecule has 5 heteroatoms. The van der Waals surface area contributed by atoms with Gasteiger partial charge in [-0.05, 0) is 23.6 Å². The third kappa shape index (κ3) is 2.07. The first kappa shape index (κ1) is 12.1. The van der Waals surface area contributed by atoms with Gasteiger partial charge < -0.3 is 10.2 Å². The van der Waals surface area contributed by atoms with Crippen molar-refractivity contribution in [3.8, 4) is 0 Å². The molecule has 0 aliphatic carbocycles. The van der Waals surface area contributed by atoms with Gasteiger partial charge in [0.15, 0.2) is 17.2 Å². The minimum absolute atomic E-state index is 0.0843. The first-order chi connectivity index (χ1) is 9.16. The van der Waals surface area contributed by atoms with E-state index in [4.69, 9.17) is 10.2 Å². The van der Waals surface area contributed by atoms with Crippen molar-refractivity contribution in [3.63, 3.8) is 0 Å². The maximum absolute atomic E-state index is 13.5. The standard InChI is InChI=1S/C14H10FNO2S/c15-9-4-1-3-8-7-10(18-14(8)9)13(17)12(16)11-5-2-6-19-11/h1-7,12H,16H2. The van der Waals surface area contributed by atoms with Crippen LogP contribution in [-0.4, -0.2) is 5.78 Å². The van der Waals surface area contributed by atoms with Crippen LogP contribution in [0.5, 0.6) is 0 Å². The molecule has 0 saturated carbocycles. The summed E-state index contributed by atoms with van der Waals surface area (Å²) < 4.78 is 18.8. The molecule has 0 bridgehead atoms. The Kier molecular flexibility index (Phi) is 2.93. The van der Waals surface area contributed by atoms with Crippen LogP contribution in [0.3, 0.4) is 0 Å². The molecule has 0 amide bonds. The third-order valence-electron chi connectivity index (χ3n) is 2.87. The monoisotopic (exact) mass is 275 g/mol. The molecule has 0 spiro atoms. The van der Waals surface area contributed by atoms with Crippen LogP contribution in [0.15, 0.2) is 46.2 Å². The van der Waals surface area contributed by atoms with E-state index in [1.165, 1.54) is 23.5 Å². The van der Waals surface area contributed by atoms with Crippen molar-refractivity contribution in [2.45, 2.75) is 6.04 Å². The summed E-state index contributed by atoms with van der Waals surface area (Å²) in [6.45, 7) is 0. The van der Waals surface area contributed by atoms with Crippen molar-refractivity contribution in [2.75, 3.05) is 0 Å². The van der Waals surface area contributed by atoms with Gasteiger partial charge in [-0.25, -0.2) is 4.39 Å². The molecule has 1 atom stereocenters. The highest BCUT2D eigenvalue weighted by atomic mass is 32.1. The predicted molar refractivity (Wildman–Crippen MR) is 71.7 cm³/mol. The maximum Gasteiger partial charge on any atom is 0.219 e. The Morgan fingerprint density at radius 1 is 1.32 bits per heavy atom. The average Bonchev–Trinajstić information content (AvgIpc) is 3.06. The average molecular weight is 275 g/mol.